The molecular weight excluding hydrogens is 272 g/mol. The second kappa shape index (κ2) is 4.91. The van der Waals surface area contributed by atoms with Crippen molar-refractivity contribution in [2.75, 3.05) is 0 Å². The fraction of sp³-hybridized carbons (Fsp3) is 0.421. The van der Waals surface area contributed by atoms with Crippen molar-refractivity contribution in [3.63, 3.8) is 0 Å². The van der Waals surface area contributed by atoms with Crippen LogP contribution in [0.25, 0.3) is 10.4 Å². The Kier molecular flexibility index (Phi) is 3.29. The van der Waals surface area contributed by atoms with Crippen LogP contribution in [-0.2, 0) is 4.79 Å². The molecule has 0 unspecified atom stereocenters. The van der Waals surface area contributed by atoms with E-state index in [0.29, 0.717) is 5.70 Å². The third kappa shape index (κ3) is 2.11. The topological polar surface area (TPSA) is 34.3 Å². The van der Waals surface area contributed by atoms with Gasteiger partial charge in [-0.05, 0) is 41.4 Å². The third-order valence-electron chi connectivity index (χ3n) is 5.28. The van der Waals surface area contributed by atoms with E-state index in [9.17, 15) is 4.79 Å². The Balaban J connectivity index is 2.06. The van der Waals surface area contributed by atoms with Crippen molar-refractivity contribution in [1.29, 1.82) is 0 Å². The normalized spacial score (nSPS) is 29.9. The van der Waals surface area contributed by atoms with Gasteiger partial charge in [0.2, 0.25) is 5.70 Å². The van der Waals surface area contributed by atoms with Gasteiger partial charge in [-0.3, -0.25) is 4.98 Å². The zero-order valence-electron chi connectivity index (χ0n) is 13.3. The van der Waals surface area contributed by atoms with Crippen LogP contribution in [-0.4, -0.2) is 10.8 Å². The lowest BCUT2D eigenvalue weighted by molar-refractivity contribution is -0.129. The van der Waals surface area contributed by atoms with E-state index in [0.717, 1.165) is 18.4 Å². The molecule has 0 bridgehead atoms. The number of fused-ring (bicyclic) bond motifs is 1. The average molecular weight is 292 g/mol. The van der Waals surface area contributed by atoms with Gasteiger partial charge in [0, 0.05) is 17.8 Å². The Morgan fingerprint density at radius 1 is 1.36 bits per heavy atom. The summed E-state index contributed by atoms with van der Waals surface area (Å²) in [6.07, 6.45) is 9.53. The van der Waals surface area contributed by atoms with Gasteiger partial charge in [0.15, 0.2) is 5.78 Å². The lowest BCUT2D eigenvalue weighted by Gasteiger charge is -2.50. The first-order valence-corrected chi connectivity index (χ1v) is 7.63. The number of nitrogens with zero attached hydrogens (tertiary/aromatic N) is 2. The molecule has 1 aromatic rings. The molecule has 3 heteroatoms. The van der Waals surface area contributed by atoms with E-state index in [1.54, 1.807) is 6.20 Å². The molecule has 0 saturated heterocycles. The van der Waals surface area contributed by atoms with Gasteiger partial charge in [-0.25, -0.2) is 4.85 Å². The molecule has 0 spiro atoms. The third-order valence-corrected chi connectivity index (χ3v) is 5.28. The monoisotopic (exact) mass is 292 g/mol. The van der Waals surface area contributed by atoms with E-state index >= 15 is 0 Å². The van der Waals surface area contributed by atoms with Gasteiger partial charge in [-0.15, -0.1) is 0 Å². The average Bonchev–Trinajstić information content (AvgIpc) is 2.51. The predicted octanol–water partition coefficient (Wildman–Crippen LogP) is 4.29. The summed E-state index contributed by atoms with van der Waals surface area (Å²) < 4.78 is 0. The highest BCUT2D eigenvalue weighted by atomic mass is 16.1. The molecule has 0 amide bonds. The molecule has 0 aromatic carbocycles. The van der Waals surface area contributed by atoms with Crippen molar-refractivity contribution in [1.82, 2.24) is 4.98 Å². The number of ketones is 1. The number of hydrogen-bond acceptors (Lipinski definition) is 2. The number of hydrogen-bond donors (Lipinski definition) is 0. The smallest absolute Gasteiger partial charge is 0.226 e. The van der Waals surface area contributed by atoms with Crippen molar-refractivity contribution in [2.24, 2.45) is 16.7 Å². The highest BCUT2D eigenvalue weighted by Gasteiger charge is 2.51. The van der Waals surface area contributed by atoms with Crippen LogP contribution in [0.15, 0.2) is 42.4 Å². The number of allylic oxidation sites excluding steroid dienone is 4. The summed E-state index contributed by atoms with van der Waals surface area (Å²) in [5.41, 5.74) is 2.06. The van der Waals surface area contributed by atoms with Crippen LogP contribution in [0.3, 0.4) is 0 Å². The number of Topliss-reactive ketones (excluding diaryl/α,β-unsaturated/α-hetero) is 1. The molecule has 3 nitrogen and oxygen atoms in total. The number of carbonyl (C=O) groups excluding carboxylic acids is 1. The van der Waals surface area contributed by atoms with Gasteiger partial charge >= 0.3 is 0 Å². The van der Waals surface area contributed by atoms with Crippen LogP contribution in [0.1, 0.15) is 39.2 Å². The van der Waals surface area contributed by atoms with Gasteiger partial charge in [-0.1, -0.05) is 39.0 Å². The summed E-state index contributed by atoms with van der Waals surface area (Å²) in [7, 11) is 0. The Bertz CT molecular complexity index is 722. The molecule has 2 aliphatic carbocycles. The summed E-state index contributed by atoms with van der Waals surface area (Å²) >= 11 is 0. The van der Waals surface area contributed by atoms with E-state index < -0.39 is 5.41 Å². The lowest BCUT2D eigenvalue weighted by Crippen LogP contribution is -2.47. The van der Waals surface area contributed by atoms with Crippen molar-refractivity contribution >= 4 is 11.4 Å². The minimum atomic E-state index is -0.486. The molecule has 0 aliphatic heterocycles. The van der Waals surface area contributed by atoms with Crippen LogP contribution in [0.2, 0.25) is 0 Å². The standard InChI is InChI=1S/C19H20N2O/c1-18(2)16-8-7-13(14-6-5-9-21-12-14)10-19(16,3)11-15(20-4)17(18)22/h5-7,9,11-12,16H,8,10H2,1-3H3/t16-,19-/m0/s1. The van der Waals surface area contributed by atoms with Gasteiger partial charge in [0.25, 0.3) is 0 Å². The van der Waals surface area contributed by atoms with Crippen LogP contribution < -0.4 is 0 Å². The largest absolute Gasteiger partial charge is 0.307 e. The van der Waals surface area contributed by atoms with Crippen LogP contribution in [0, 0.1) is 23.3 Å². The Morgan fingerprint density at radius 2 is 2.14 bits per heavy atom. The molecule has 2 aliphatic rings. The molecule has 1 aromatic heterocycles. The number of pyridine rings is 1. The molecule has 112 valence electrons. The summed E-state index contributed by atoms with van der Waals surface area (Å²) in [5, 5.41) is 0. The number of carbonyl (C=O) groups is 1. The Morgan fingerprint density at radius 3 is 2.77 bits per heavy atom. The van der Waals surface area contributed by atoms with Crippen LogP contribution in [0.4, 0.5) is 0 Å². The maximum absolute atomic E-state index is 12.5. The number of rotatable bonds is 1. The molecular formula is C19H20N2O. The zero-order valence-corrected chi connectivity index (χ0v) is 13.3. The highest BCUT2D eigenvalue weighted by molar-refractivity contribution is 6.02. The first-order valence-electron chi connectivity index (χ1n) is 7.63. The highest BCUT2D eigenvalue weighted by Crippen LogP contribution is 2.56. The molecule has 3 rings (SSSR count). The van der Waals surface area contributed by atoms with Gasteiger partial charge in [-0.2, -0.15) is 0 Å². The maximum Gasteiger partial charge on any atom is 0.226 e. The lowest BCUT2D eigenvalue weighted by atomic mass is 9.53. The minimum absolute atomic E-state index is 0.0109. The molecule has 0 fully saturated rings. The van der Waals surface area contributed by atoms with Crippen LogP contribution in [0.5, 0.6) is 0 Å². The van der Waals surface area contributed by atoms with Crippen molar-refractivity contribution in [2.45, 2.75) is 33.6 Å². The predicted molar refractivity (Wildman–Crippen MR) is 86.5 cm³/mol. The summed E-state index contributed by atoms with van der Waals surface area (Å²) in [4.78, 5) is 20.2. The second-order valence-corrected chi connectivity index (χ2v) is 7.13. The van der Waals surface area contributed by atoms with E-state index in [4.69, 9.17) is 6.57 Å². The van der Waals surface area contributed by atoms with Crippen molar-refractivity contribution < 1.29 is 4.79 Å². The first kappa shape index (κ1) is 14.7. The Labute approximate surface area is 131 Å². The molecule has 2 atom stereocenters. The van der Waals surface area contributed by atoms with Crippen molar-refractivity contribution in [3.05, 3.63) is 59.4 Å². The molecule has 22 heavy (non-hydrogen) atoms. The molecule has 0 saturated carbocycles. The van der Waals surface area contributed by atoms with E-state index in [-0.39, 0.29) is 17.1 Å². The number of aromatic nitrogens is 1. The molecule has 1 heterocycles. The van der Waals surface area contributed by atoms with Gasteiger partial charge in [0.05, 0.1) is 6.57 Å². The zero-order chi connectivity index (χ0) is 16.0. The van der Waals surface area contributed by atoms with E-state index in [2.05, 4.69) is 28.9 Å². The molecule has 0 N–H and O–H groups in total. The quantitative estimate of drug-likeness (QED) is 0.723. The van der Waals surface area contributed by atoms with E-state index in [1.807, 2.05) is 32.2 Å². The SMILES string of the molecule is [C-]#[N+]C1=C[C@]2(C)CC(c3cccnc3)=CC[C@H]2C(C)(C)C1=O. The fourth-order valence-corrected chi connectivity index (χ4v) is 4.13. The van der Waals surface area contributed by atoms with Gasteiger partial charge < -0.3 is 4.79 Å². The van der Waals surface area contributed by atoms with Crippen LogP contribution >= 0.6 is 0 Å². The first-order chi connectivity index (χ1) is 10.4. The second-order valence-electron chi connectivity index (χ2n) is 7.13. The van der Waals surface area contributed by atoms with E-state index in [1.165, 1.54) is 5.57 Å². The summed E-state index contributed by atoms with van der Waals surface area (Å²) in [5.74, 6) is 0.224. The summed E-state index contributed by atoms with van der Waals surface area (Å²) in [6, 6.07) is 4.01. The maximum atomic E-state index is 12.5. The molecule has 0 radical (unpaired) electrons. The fourth-order valence-electron chi connectivity index (χ4n) is 4.13. The van der Waals surface area contributed by atoms with Gasteiger partial charge in [0.1, 0.15) is 0 Å². The Hall–Kier alpha value is -2.21. The minimum Gasteiger partial charge on any atom is -0.307 e. The summed E-state index contributed by atoms with van der Waals surface area (Å²) in [6.45, 7) is 13.5. The van der Waals surface area contributed by atoms with Crippen molar-refractivity contribution in [3.8, 4) is 0 Å².